The molecule has 7 heteroatoms. The molecule has 0 aromatic carbocycles. The lowest BCUT2D eigenvalue weighted by Crippen LogP contribution is -2.44. The van der Waals surface area contributed by atoms with Crippen molar-refractivity contribution in [3.8, 4) is 0 Å². The van der Waals surface area contributed by atoms with Crippen LogP contribution >= 0.6 is 11.3 Å². The molecule has 4 rings (SSSR count). The van der Waals surface area contributed by atoms with Crippen molar-refractivity contribution in [3.63, 3.8) is 0 Å². The maximum absolute atomic E-state index is 12.5. The van der Waals surface area contributed by atoms with Crippen LogP contribution in [0.3, 0.4) is 0 Å². The number of amides is 1. The third-order valence-electron chi connectivity index (χ3n) is 5.43. The van der Waals surface area contributed by atoms with Crippen molar-refractivity contribution in [2.75, 3.05) is 38.3 Å². The van der Waals surface area contributed by atoms with Crippen molar-refractivity contribution in [1.82, 2.24) is 15.3 Å². The largest absolute Gasteiger partial charge is 0.383 e. The summed E-state index contributed by atoms with van der Waals surface area (Å²) in [7, 11) is 1.65. The lowest BCUT2D eigenvalue weighted by Gasteiger charge is -2.33. The van der Waals surface area contributed by atoms with Crippen LogP contribution in [0.5, 0.6) is 0 Å². The van der Waals surface area contributed by atoms with Crippen molar-refractivity contribution in [2.45, 2.75) is 38.5 Å². The Morgan fingerprint density at radius 2 is 2.23 bits per heavy atom. The molecule has 1 N–H and O–H groups in total. The smallest absolute Gasteiger partial charge is 0.224 e. The molecule has 6 nitrogen and oxygen atoms in total. The third kappa shape index (κ3) is 3.42. The minimum atomic E-state index is 0.0140. The number of carbonyl (C=O) groups is 1. The first-order valence-electron chi connectivity index (χ1n) is 9.54. The predicted molar refractivity (Wildman–Crippen MR) is 104 cm³/mol. The van der Waals surface area contributed by atoms with Gasteiger partial charge in [0.1, 0.15) is 17.0 Å². The average molecular weight is 375 g/mol. The number of hydrogen-bond acceptors (Lipinski definition) is 6. The first-order chi connectivity index (χ1) is 12.8. The molecule has 0 spiro atoms. The summed E-state index contributed by atoms with van der Waals surface area (Å²) in [6.07, 6.45) is 8.45. The van der Waals surface area contributed by atoms with Gasteiger partial charge >= 0.3 is 0 Å². The van der Waals surface area contributed by atoms with Crippen molar-refractivity contribution in [2.24, 2.45) is 5.92 Å². The highest BCUT2D eigenvalue weighted by Gasteiger charge is 2.29. The van der Waals surface area contributed by atoms with Gasteiger partial charge in [0.05, 0.1) is 17.9 Å². The molecule has 1 aliphatic heterocycles. The van der Waals surface area contributed by atoms with Gasteiger partial charge in [-0.25, -0.2) is 9.97 Å². The normalized spacial score (nSPS) is 20.2. The molecule has 1 amide bonds. The number of anilines is 1. The zero-order chi connectivity index (χ0) is 17.9. The highest BCUT2D eigenvalue weighted by atomic mass is 32.1. The van der Waals surface area contributed by atoms with Crippen LogP contribution in [0.25, 0.3) is 10.2 Å². The molecule has 3 heterocycles. The van der Waals surface area contributed by atoms with Crippen molar-refractivity contribution >= 4 is 33.3 Å². The van der Waals surface area contributed by atoms with E-state index in [0.717, 1.165) is 43.0 Å². The van der Waals surface area contributed by atoms with Crippen LogP contribution in [0.4, 0.5) is 5.82 Å². The molecule has 1 saturated heterocycles. The average Bonchev–Trinajstić information content (AvgIpc) is 3.07. The quantitative estimate of drug-likeness (QED) is 0.815. The fourth-order valence-corrected chi connectivity index (χ4v) is 5.34. The minimum Gasteiger partial charge on any atom is -0.383 e. The number of aryl methyl sites for hydroxylation is 2. The molecule has 0 bridgehead atoms. The SMILES string of the molecule is COCCNC(=O)C1CCCN(c2ncnc3sc4c(c23)CCCC4)C1. The first kappa shape index (κ1) is 17.7. The predicted octanol–water partition coefficient (Wildman–Crippen LogP) is 2.55. The number of fused-ring (bicyclic) bond motifs is 3. The van der Waals surface area contributed by atoms with Crippen LogP contribution in [-0.2, 0) is 22.4 Å². The second kappa shape index (κ2) is 7.88. The van der Waals surface area contributed by atoms with E-state index >= 15 is 0 Å². The zero-order valence-corrected chi connectivity index (χ0v) is 16.1. The summed E-state index contributed by atoms with van der Waals surface area (Å²) in [5, 5.41) is 4.23. The molecule has 0 radical (unpaired) electrons. The van der Waals surface area contributed by atoms with E-state index in [-0.39, 0.29) is 11.8 Å². The van der Waals surface area contributed by atoms with Crippen molar-refractivity contribution < 1.29 is 9.53 Å². The van der Waals surface area contributed by atoms with Crippen LogP contribution in [0.1, 0.15) is 36.1 Å². The number of methoxy groups -OCH3 is 1. The lowest BCUT2D eigenvalue weighted by molar-refractivity contribution is -0.125. The van der Waals surface area contributed by atoms with Crippen LogP contribution in [0.15, 0.2) is 6.33 Å². The molecular formula is C19H26N4O2S. The number of ether oxygens (including phenoxy) is 1. The molecule has 1 aliphatic carbocycles. The van der Waals surface area contributed by atoms with Gasteiger partial charge in [0.2, 0.25) is 5.91 Å². The molecular weight excluding hydrogens is 348 g/mol. The number of thiophene rings is 1. The molecule has 2 aliphatic rings. The van der Waals surface area contributed by atoms with Gasteiger partial charge in [-0.3, -0.25) is 4.79 Å². The summed E-state index contributed by atoms with van der Waals surface area (Å²) >= 11 is 1.83. The molecule has 1 atom stereocenters. The summed E-state index contributed by atoms with van der Waals surface area (Å²) in [6.45, 7) is 2.81. The van der Waals surface area contributed by atoms with E-state index < -0.39 is 0 Å². The Hall–Kier alpha value is -1.73. The number of carbonyl (C=O) groups excluding carboxylic acids is 1. The second-order valence-corrected chi connectivity index (χ2v) is 8.24. The third-order valence-corrected chi connectivity index (χ3v) is 6.63. The van der Waals surface area contributed by atoms with Gasteiger partial charge in [0, 0.05) is 31.6 Å². The first-order valence-corrected chi connectivity index (χ1v) is 10.4. The molecule has 1 fully saturated rings. The van der Waals surface area contributed by atoms with Crippen LogP contribution in [0.2, 0.25) is 0 Å². The molecule has 2 aromatic rings. The van der Waals surface area contributed by atoms with Crippen LogP contribution in [0, 0.1) is 5.92 Å². The lowest BCUT2D eigenvalue weighted by atomic mass is 9.95. The summed E-state index contributed by atoms with van der Waals surface area (Å²) in [4.78, 5) is 26.5. The highest BCUT2D eigenvalue weighted by molar-refractivity contribution is 7.19. The number of nitrogens with zero attached hydrogens (tertiary/aromatic N) is 3. The standard InChI is InChI=1S/C19H26N4O2S/c1-25-10-8-20-18(24)13-5-4-9-23(11-13)17-16-14-6-2-3-7-15(14)26-19(16)22-12-21-17/h12-13H,2-11H2,1H3,(H,20,24). The number of nitrogens with one attached hydrogen (secondary N) is 1. The fourth-order valence-electron chi connectivity index (χ4n) is 4.12. The Bertz CT molecular complexity index is 791. The van der Waals surface area contributed by atoms with Crippen molar-refractivity contribution in [1.29, 1.82) is 0 Å². The van der Waals surface area contributed by atoms with E-state index in [2.05, 4.69) is 20.2 Å². The zero-order valence-electron chi connectivity index (χ0n) is 15.3. The Labute approximate surface area is 158 Å². The summed E-state index contributed by atoms with van der Waals surface area (Å²) in [5.41, 5.74) is 1.46. The Balaban J connectivity index is 1.57. The summed E-state index contributed by atoms with van der Waals surface area (Å²) < 4.78 is 5.02. The number of piperidine rings is 1. The molecule has 1 unspecified atom stereocenters. The van der Waals surface area contributed by atoms with E-state index in [1.165, 1.54) is 35.1 Å². The van der Waals surface area contributed by atoms with Gasteiger partial charge in [-0.05, 0) is 44.1 Å². The molecule has 2 aromatic heterocycles. The topological polar surface area (TPSA) is 67.3 Å². The van der Waals surface area contributed by atoms with Gasteiger partial charge in [-0.2, -0.15) is 0 Å². The van der Waals surface area contributed by atoms with E-state index in [4.69, 9.17) is 4.74 Å². The summed E-state index contributed by atoms with van der Waals surface area (Å²) in [6, 6.07) is 0. The molecule has 26 heavy (non-hydrogen) atoms. The van der Waals surface area contributed by atoms with E-state index in [0.29, 0.717) is 13.2 Å². The maximum Gasteiger partial charge on any atom is 0.224 e. The Morgan fingerprint density at radius 3 is 3.12 bits per heavy atom. The number of hydrogen-bond donors (Lipinski definition) is 1. The Kier molecular flexibility index (Phi) is 5.36. The van der Waals surface area contributed by atoms with Crippen molar-refractivity contribution in [3.05, 3.63) is 16.8 Å². The number of aromatic nitrogens is 2. The van der Waals surface area contributed by atoms with Gasteiger partial charge < -0.3 is 15.0 Å². The number of rotatable bonds is 5. The van der Waals surface area contributed by atoms with Gasteiger partial charge in [0.25, 0.3) is 0 Å². The van der Waals surface area contributed by atoms with E-state index in [9.17, 15) is 4.79 Å². The van der Waals surface area contributed by atoms with E-state index in [1.54, 1.807) is 13.4 Å². The fraction of sp³-hybridized carbons (Fsp3) is 0.632. The Morgan fingerprint density at radius 1 is 1.35 bits per heavy atom. The summed E-state index contributed by atoms with van der Waals surface area (Å²) in [5.74, 6) is 1.17. The molecule has 0 saturated carbocycles. The van der Waals surface area contributed by atoms with Gasteiger partial charge in [0.15, 0.2) is 0 Å². The van der Waals surface area contributed by atoms with Crippen LogP contribution in [-0.4, -0.2) is 49.2 Å². The highest BCUT2D eigenvalue weighted by Crippen LogP contribution is 2.40. The molecule has 140 valence electrons. The maximum atomic E-state index is 12.5. The van der Waals surface area contributed by atoms with Gasteiger partial charge in [-0.15, -0.1) is 11.3 Å². The second-order valence-electron chi connectivity index (χ2n) is 7.16. The van der Waals surface area contributed by atoms with Crippen LogP contribution < -0.4 is 10.2 Å². The van der Waals surface area contributed by atoms with E-state index in [1.807, 2.05) is 11.3 Å². The monoisotopic (exact) mass is 374 g/mol. The van der Waals surface area contributed by atoms with Gasteiger partial charge in [-0.1, -0.05) is 0 Å². The minimum absolute atomic E-state index is 0.0140.